The number of carboxylic acids is 1. The molecule has 0 radical (unpaired) electrons. The Labute approximate surface area is 111 Å². The summed E-state index contributed by atoms with van der Waals surface area (Å²) in [6.45, 7) is 3.77. The number of benzene rings is 1. The molecule has 2 N–H and O–H groups in total. The van der Waals surface area contributed by atoms with Gasteiger partial charge in [0.25, 0.3) is 5.91 Å². The summed E-state index contributed by atoms with van der Waals surface area (Å²) in [4.78, 5) is 24.8. The molecule has 1 saturated heterocycles. The molecule has 19 heavy (non-hydrogen) atoms. The normalized spacial score (nSPS) is 22.6. The number of aliphatic hydroxyl groups is 1. The van der Waals surface area contributed by atoms with Crippen molar-refractivity contribution < 1.29 is 19.8 Å². The third-order valence-electron chi connectivity index (χ3n) is 3.45. The number of rotatable bonds is 2. The van der Waals surface area contributed by atoms with Crippen molar-refractivity contribution in [2.75, 3.05) is 6.54 Å². The van der Waals surface area contributed by atoms with Crippen LogP contribution >= 0.6 is 0 Å². The largest absolute Gasteiger partial charge is 0.480 e. The van der Waals surface area contributed by atoms with Crippen LogP contribution in [0.4, 0.5) is 0 Å². The summed E-state index contributed by atoms with van der Waals surface area (Å²) in [5.74, 6) is -1.40. The molecule has 0 bridgehead atoms. The molecule has 5 heteroatoms. The van der Waals surface area contributed by atoms with Crippen LogP contribution in [0.5, 0.6) is 0 Å². The van der Waals surface area contributed by atoms with Crippen molar-refractivity contribution >= 4 is 11.9 Å². The lowest BCUT2D eigenvalue weighted by Gasteiger charge is -2.22. The van der Waals surface area contributed by atoms with Gasteiger partial charge in [-0.15, -0.1) is 0 Å². The number of carbonyl (C=O) groups excluding carboxylic acids is 1. The molecule has 0 saturated carbocycles. The van der Waals surface area contributed by atoms with Crippen molar-refractivity contribution in [1.82, 2.24) is 4.90 Å². The van der Waals surface area contributed by atoms with Crippen LogP contribution in [-0.2, 0) is 4.79 Å². The van der Waals surface area contributed by atoms with E-state index in [-0.39, 0.29) is 18.9 Å². The third kappa shape index (κ3) is 2.61. The molecule has 102 valence electrons. The number of nitrogens with zero attached hydrogens (tertiary/aromatic N) is 1. The number of aliphatic hydroxyl groups excluding tert-OH is 1. The van der Waals surface area contributed by atoms with Crippen LogP contribution in [0.2, 0.25) is 0 Å². The van der Waals surface area contributed by atoms with Crippen LogP contribution in [0.15, 0.2) is 18.2 Å². The topological polar surface area (TPSA) is 77.8 Å². The van der Waals surface area contributed by atoms with Gasteiger partial charge in [0, 0.05) is 18.5 Å². The molecule has 0 aliphatic carbocycles. The summed E-state index contributed by atoms with van der Waals surface area (Å²) in [5.41, 5.74) is 2.25. The van der Waals surface area contributed by atoms with E-state index in [1.165, 1.54) is 4.90 Å². The Balaban J connectivity index is 2.33. The molecule has 1 heterocycles. The minimum Gasteiger partial charge on any atom is -0.480 e. The summed E-state index contributed by atoms with van der Waals surface area (Å²) < 4.78 is 0. The van der Waals surface area contributed by atoms with Crippen LogP contribution in [0, 0.1) is 13.8 Å². The van der Waals surface area contributed by atoms with Crippen molar-refractivity contribution in [2.24, 2.45) is 0 Å². The Kier molecular flexibility index (Phi) is 3.57. The van der Waals surface area contributed by atoms with Crippen molar-refractivity contribution in [3.63, 3.8) is 0 Å². The molecule has 1 unspecified atom stereocenters. The average Bonchev–Trinajstić information content (AvgIpc) is 2.74. The highest BCUT2D eigenvalue weighted by atomic mass is 16.4. The lowest BCUT2D eigenvalue weighted by molar-refractivity contribution is -0.141. The maximum Gasteiger partial charge on any atom is 0.326 e. The molecule has 2 atom stereocenters. The monoisotopic (exact) mass is 263 g/mol. The van der Waals surface area contributed by atoms with Crippen LogP contribution < -0.4 is 0 Å². The maximum absolute atomic E-state index is 12.4. The summed E-state index contributed by atoms with van der Waals surface area (Å²) in [7, 11) is 0. The van der Waals surface area contributed by atoms with Crippen LogP contribution in [0.1, 0.15) is 27.9 Å². The average molecular weight is 263 g/mol. The first-order valence-electron chi connectivity index (χ1n) is 6.19. The minimum absolute atomic E-state index is 0.0726. The molecule has 2 rings (SSSR count). The number of carbonyl (C=O) groups is 2. The molecular formula is C14H17NO4. The fourth-order valence-electron chi connectivity index (χ4n) is 2.39. The highest BCUT2D eigenvalue weighted by Crippen LogP contribution is 2.22. The minimum atomic E-state index is -1.07. The van der Waals surface area contributed by atoms with E-state index >= 15 is 0 Å². The van der Waals surface area contributed by atoms with Gasteiger partial charge < -0.3 is 15.1 Å². The summed E-state index contributed by atoms with van der Waals surface area (Å²) in [5, 5.41) is 18.7. The number of β-amino-alcohol motifs (C(OH)–C–C–N with tert-alkyl or cyclic N) is 1. The second-order valence-electron chi connectivity index (χ2n) is 5.02. The number of hydrogen-bond acceptors (Lipinski definition) is 3. The highest BCUT2D eigenvalue weighted by molar-refractivity contribution is 5.98. The lowest BCUT2D eigenvalue weighted by atomic mass is 10.0. The van der Waals surface area contributed by atoms with E-state index in [4.69, 9.17) is 5.11 Å². The standard InChI is InChI=1S/C14H17NO4/c1-8-3-4-9(2)11(5-8)13(17)15-7-10(16)6-12(15)14(18)19/h3-5,10,12,16H,6-7H2,1-2H3,(H,18,19)/t10?,12-/m0/s1. The first kappa shape index (κ1) is 13.5. The van der Waals surface area contributed by atoms with Gasteiger partial charge in [0.2, 0.25) is 0 Å². The fourth-order valence-corrected chi connectivity index (χ4v) is 2.39. The third-order valence-corrected chi connectivity index (χ3v) is 3.45. The van der Waals surface area contributed by atoms with Crippen molar-refractivity contribution in [1.29, 1.82) is 0 Å². The zero-order valence-corrected chi connectivity index (χ0v) is 11.0. The van der Waals surface area contributed by atoms with Gasteiger partial charge in [-0.25, -0.2) is 4.79 Å². The predicted molar refractivity (Wildman–Crippen MR) is 69.0 cm³/mol. The number of likely N-dealkylation sites (tertiary alicyclic amines) is 1. The molecule has 1 fully saturated rings. The zero-order valence-electron chi connectivity index (χ0n) is 11.0. The second-order valence-corrected chi connectivity index (χ2v) is 5.02. The fraction of sp³-hybridized carbons (Fsp3) is 0.429. The Morgan fingerprint density at radius 2 is 2.00 bits per heavy atom. The van der Waals surface area contributed by atoms with Gasteiger partial charge in [-0.1, -0.05) is 17.7 Å². The van der Waals surface area contributed by atoms with Crippen molar-refractivity contribution in [3.05, 3.63) is 34.9 Å². The maximum atomic E-state index is 12.4. The highest BCUT2D eigenvalue weighted by Gasteiger charge is 2.39. The molecule has 0 aromatic heterocycles. The summed E-state index contributed by atoms with van der Waals surface area (Å²) in [6, 6.07) is 4.55. The molecule has 1 aromatic carbocycles. The number of carboxylic acid groups (broad SMARTS) is 1. The molecule has 1 aromatic rings. The van der Waals surface area contributed by atoms with E-state index in [0.717, 1.165) is 11.1 Å². The molecular weight excluding hydrogens is 246 g/mol. The molecule has 5 nitrogen and oxygen atoms in total. The van der Waals surface area contributed by atoms with E-state index in [1.54, 1.807) is 6.07 Å². The van der Waals surface area contributed by atoms with Crippen LogP contribution in [-0.4, -0.2) is 45.7 Å². The van der Waals surface area contributed by atoms with Gasteiger partial charge in [-0.05, 0) is 25.5 Å². The van der Waals surface area contributed by atoms with E-state index in [2.05, 4.69) is 0 Å². The van der Waals surface area contributed by atoms with E-state index < -0.39 is 18.1 Å². The Morgan fingerprint density at radius 1 is 1.32 bits per heavy atom. The smallest absolute Gasteiger partial charge is 0.326 e. The van der Waals surface area contributed by atoms with Crippen molar-refractivity contribution in [2.45, 2.75) is 32.4 Å². The first-order chi connectivity index (χ1) is 8.90. The zero-order chi connectivity index (χ0) is 14.2. The SMILES string of the molecule is Cc1ccc(C)c(C(=O)N2CC(O)C[C@H]2C(=O)O)c1. The first-order valence-corrected chi connectivity index (χ1v) is 6.19. The van der Waals surface area contributed by atoms with Gasteiger partial charge in [0.15, 0.2) is 0 Å². The molecule has 1 amide bonds. The van der Waals surface area contributed by atoms with E-state index in [1.807, 2.05) is 26.0 Å². The van der Waals surface area contributed by atoms with Gasteiger partial charge in [0.05, 0.1) is 6.10 Å². The Bertz CT molecular complexity index is 526. The summed E-state index contributed by atoms with van der Waals surface area (Å²) >= 11 is 0. The number of aliphatic carboxylic acids is 1. The van der Waals surface area contributed by atoms with Gasteiger partial charge in [-0.2, -0.15) is 0 Å². The van der Waals surface area contributed by atoms with E-state index in [0.29, 0.717) is 5.56 Å². The number of hydrogen-bond donors (Lipinski definition) is 2. The lowest BCUT2D eigenvalue weighted by Crippen LogP contribution is -2.40. The van der Waals surface area contributed by atoms with Gasteiger partial charge >= 0.3 is 5.97 Å². The number of amides is 1. The Hall–Kier alpha value is -1.88. The van der Waals surface area contributed by atoms with Gasteiger partial charge in [0.1, 0.15) is 6.04 Å². The molecule has 1 aliphatic heterocycles. The molecule has 0 spiro atoms. The molecule has 1 aliphatic rings. The van der Waals surface area contributed by atoms with E-state index in [9.17, 15) is 14.7 Å². The van der Waals surface area contributed by atoms with Gasteiger partial charge in [-0.3, -0.25) is 4.79 Å². The summed E-state index contributed by atoms with van der Waals surface area (Å²) in [6.07, 6.45) is -0.679. The van der Waals surface area contributed by atoms with Crippen molar-refractivity contribution in [3.8, 4) is 0 Å². The van der Waals surface area contributed by atoms with Crippen LogP contribution in [0.25, 0.3) is 0 Å². The predicted octanol–water partition coefficient (Wildman–Crippen LogP) is 0.963. The second kappa shape index (κ2) is 5.01. The number of aryl methyl sites for hydroxylation is 2. The quantitative estimate of drug-likeness (QED) is 0.833. The Morgan fingerprint density at radius 3 is 2.63 bits per heavy atom. The van der Waals surface area contributed by atoms with Crippen LogP contribution in [0.3, 0.4) is 0 Å².